The molecule has 1 fully saturated rings. The van der Waals surface area contributed by atoms with Gasteiger partial charge in [0.15, 0.2) is 23.2 Å². The lowest BCUT2D eigenvalue weighted by Gasteiger charge is -2.45. The van der Waals surface area contributed by atoms with Gasteiger partial charge >= 0.3 is 6.18 Å². The first-order valence-electron chi connectivity index (χ1n) is 9.85. The molecule has 5 heterocycles. The number of carbonyl (C=O) groups excluding carboxylic acids is 1. The van der Waals surface area contributed by atoms with E-state index in [2.05, 4.69) is 20.2 Å². The van der Waals surface area contributed by atoms with Crippen LogP contribution in [0.2, 0.25) is 0 Å². The number of halogens is 5. The van der Waals surface area contributed by atoms with Gasteiger partial charge in [-0.3, -0.25) is 4.79 Å². The van der Waals surface area contributed by atoms with Crippen molar-refractivity contribution in [3.05, 3.63) is 58.8 Å². The van der Waals surface area contributed by atoms with E-state index < -0.39 is 47.1 Å². The van der Waals surface area contributed by atoms with E-state index in [0.717, 1.165) is 12.3 Å². The van der Waals surface area contributed by atoms with Crippen molar-refractivity contribution in [1.29, 1.82) is 0 Å². The number of pyridine rings is 2. The number of hydrogen-bond donors (Lipinski definition) is 0. The Labute approximate surface area is 183 Å². The first-order valence-corrected chi connectivity index (χ1v) is 9.85. The van der Waals surface area contributed by atoms with E-state index in [-0.39, 0.29) is 25.5 Å². The first-order chi connectivity index (χ1) is 15.7. The molecule has 1 amide bonds. The van der Waals surface area contributed by atoms with Crippen LogP contribution in [0.25, 0.3) is 11.5 Å². The SMILES string of the molecule is Cc1nc(-c2nnc3n2CC2COCC3N2C(=O)c2ccnc(C(F)(F)F)c2F)ccc1F. The minimum Gasteiger partial charge on any atom is -0.377 e. The molecule has 0 radical (unpaired) electrons. The van der Waals surface area contributed by atoms with Crippen LogP contribution < -0.4 is 0 Å². The highest BCUT2D eigenvalue weighted by molar-refractivity contribution is 5.95. The highest BCUT2D eigenvalue weighted by Crippen LogP contribution is 2.37. The number of morpholine rings is 1. The first kappa shape index (κ1) is 21.4. The second-order valence-electron chi connectivity index (χ2n) is 7.69. The zero-order valence-corrected chi connectivity index (χ0v) is 17.0. The Morgan fingerprint density at radius 1 is 1.15 bits per heavy atom. The summed E-state index contributed by atoms with van der Waals surface area (Å²) in [5.74, 6) is -2.47. The Bertz CT molecular complexity index is 1260. The van der Waals surface area contributed by atoms with Crippen LogP contribution in [0.15, 0.2) is 24.4 Å². The van der Waals surface area contributed by atoms with Crippen molar-refractivity contribution in [3.63, 3.8) is 0 Å². The number of ether oxygens (including phenoxy) is 1. The number of aromatic nitrogens is 5. The van der Waals surface area contributed by atoms with E-state index in [1.54, 1.807) is 4.57 Å². The van der Waals surface area contributed by atoms with Crippen LogP contribution in [-0.4, -0.2) is 54.8 Å². The van der Waals surface area contributed by atoms with Gasteiger partial charge in [0.1, 0.15) is 17.6 Å². The minimum atomic E-state index is -5.05. The molecule has 3 aromatic heterocycles. The zero-order chi connectivity index (χ0) is 23.5. The molecule has 2 aliphatic rings. The van der Waals surface area contributed by atoms with Crippen LogP contribution in [0.5, 0.6) is 0 Å². The fourth-order valence-corrected chi connectivity index (χ4v) is 4.13. The largest absolute Gasteiger partial charge is 0.436 e. The van der Waals surface area contributed by atoms with Crippen molar-refractivity contribution in [3.8, 4) is 11.5 Å². The van der Waals surface area contributed by atoms with Gasteiger partial charge < -0.3 is 14.2 Å². The van der Waals surface area contributed by atoms with Crippen molar-refractivity contribution >= 4 is 5.91 Å². The molecule has 1 saturated heterocycles. The quantitative estimate of drug-likeness (QED) is 0.540. The summed E-state index contributed by atoms with van der Waals surface area (Å²) in [5, 5.41) is 8.26. The maximum Gasteiger partial charge on any atom is 0.436 e. The number of aryl methyl sites for hydroxylation is 1. The summed E-state index contributed by atoms with van der Waals surface area (Å²) in [6.07, 6.45) is -4.30. The smallest absolute Gasteiger partial charge is 0.377 e. The van der Waals surface area contributed by atoms with Gasteiger partial charge in [0.25, 0.3) is 5.91 Å². The molecule has 8 nitrogen and oxygen atoms in total. The van der Waals surface area contributed by atoms with Gasteiger partial charge in [-0.15, -0.1) is 10.2 Å². The van der Waals surface area contributed by atoms with Gasteiger partial charge in [0.05, 0.1) is 30.5 Å². The van der Waals surface area contributed by atoms with E-state index >= 15 is 0 Å². The number of carbonyl (C=O) groups is 1. The minimum absolute atomic E-state index is 0.00488. The molecule has 0 aromatic carbocycles. The maximum atomic E-state index is 14.6. The Hall–Kier alpha value is -3.48. The maximum absolute atomic E-state index is 14.6. The highest BCUT2D eigenvalue weighted by atomic mass is 19.4. The molecule has 172 valence electrons. The molecule has 33 heavy (non-hydrogen) atoms. The molecule has 5 rings (SSSR count). The summed E-state index contributed by atoms with van der Waals surface area (Å²) in [6, 6.07) is 2.19. The third kappa shape index (κ3) is 3.43. The Kier molecular flexibility index (Phi) is 4.88. The fraction of sp³-hybridized carbons (Fsp3) is 0.350. The summed E-state index contributed by atoms with van der Waals surface area (Å²) in [4.78, 5) is 21.7. The molecule has 3 aromatic rings. The Morgan fingerprint density at radius 3 is 2.67 bits per heavy atom. The summed E-state index contributed by atoms with van der Waals surface area (Å²) in [7, 11) is 0. The topological polar surface area (TPSA) is 86.0 Å². The van der Waals surface area contributed by atoms with Crippen LogP contribution in [0.3, 0.4) is 0 Å². The van der Waals surface area contributed by atoms with E-state index in [1.807, 2.05) is 0 Å². The average Bonchev–Trinajstić information content (AvgIpc) is 3.17. The van der Waals surface area contributed by atoms with Crippen LogP contribution in [0.4, 0.5) is 22.0 Å². The number of hydrogen-bond acceptors (Lipinski definition) is 6. The van der Waals surface area contributed by atoms with E-state index in [1.165, 1.54) is 24.0 Å². The van der Waals surface area contributed by atoms with E-state index in [4.69, 9.17) is 4.74 Å². The number of rotatable bonds is 2. The lowest BCUT2D eigenvalue weighted by atomic mass is 10.0. The van der Waals surface area contributed by atoms with Gasteiger partial charge in [0.2, 0.25) is 0 Å². The molecule has 0 spiro atoms. The van der Waals surface area contributed by atoms with Gasteiger partial charge in [-0.1, -0.05) is 0 Å². The highest BCUT2D eigenvalue weighted by Gasteiger charge is 2.45. The van der Waals surface area contributed by atoms with Crippen LogP contribution >= 0.6 is 0 Å². The Morgan fingerprint density at radius 2 is 1.94 bits per heavy atom. The number of fused-ring (bicyclic) bond motifs is 4. The van der Waals surface area contributed by atoms with Gasteiger partial charge in [-0.2, -0.15) is 13.2 Å². The van der Waals surface area contributed by atoms with Crippen LogP contribution in [0.1, 0.15) is 33.6 Å². The average molecular weight is 466 g/mol. The predicted molar refractivity (Wildman–Crippen MR) is 101 cm³/mol. The normalized spacial score (nSPS) is 20.0. The number of alkyl halides is 3. The van der Waals surface area contributed by atoms with Gasteiger partial charge in [-0.05, 0) is 25.1 Å². The van der Waals surface area contributed by atoms with Crippen LogP contribution in [-0.2, 0) is 17.5 Å². The lowest BCUT2D eigenvalue weighted by Crippen LogP contribution is -2.56. The molecule has 2 bridgehead atoms. The zero-order valence-electron chi connectivity index (χ0n) is 17.0. The van der Waals surface area contributed by atoms with Crippen molar-refractivity contribution < 1.29 is 31.5 Å². The van der Waals surface area contributed by atoms with Crippen molar-refractivity contribution in [2.45, 2.75) is 31.7 Å². The van der Waals surface area contributed by atoms with Crippen LogP contribution in [0, 0.1) is 18.6 Å². The standard InChI is InChI=1S/C20H15F5N6O2/c1-9-12(21)2-3-13(27-9)17-28-29-18-14-8-33-7-10(6-30(17)18)31(14)19(32)11-4-5-26-16(15(11)22)20(23,24)25/h2-5,10,14H,6-8H2,1H3. The van der Waals surface area contributed by atoms with Crippen molar-refractivity contribution in [2.75, 3.05) is 13.2 Å². The third-order valence-electron chi connectivity index (χ3n) is 5.66. The molecule has 2 unspecified atom stereocenters. The third-order valence-corrected chi connectivity index (χ3v) is 5.66. The van der Waals surface area contributed by atoms with E-state index in [9.17, 15) is 26.7 Å². The molecule has 0 saturated carbocycles. The summed E-state index contributed by atoms with van der Waals surface area (Å²) in [6.45, 7) is 1.72. The Balaban J connectivity index is 1.54. The predicted octanol–water partition coefficient (Wildman–Crippen LogP) is 2.94. The molecule has 0 N–H and O–H groups in total. The van der Waals surface area contributed by atoms with Gasteiger partial charge in [-0.25, -0.2) is 18.7 Å². The molecule has 13 heteroatoms. The molecular weight excluding hydrogens is 451 g/mol. The van der Waals surface area contributed by atoms with Crippen molar-refractivity contribution in [2.24, 2.45) is 0 Å². The number of nitrogens with zero attached hydrogens (tertiary/aromatic N) is 6. The molecule has 2 aliphatic heterocycles. The molecule has 2 atom stereocenters. The summed E-state index contributed by atoms with van der Waals surface area (Å²) in [5.41, 5.74) is -1.94. The second kappa shape index (κ2) is 7.54. The fourth-order valence-electron chi connectivity index (χ4n) is 4.13. The van der Waals surface area contributed by atoms with Crippen molar-refractivity contribution in [1.82, 2.24) is 29.6 Å². The second-order valence-corrected chi connectivity index (χ2v) is 7.69. The molecular formula is C20H15F5N6O2. The van der Waals surface area contributed by atoms with Gasteiger partial charge in [0, 0.05) is 12.7 Å². The summed E-state index contributed by atoms with van der Waals surface area (Å²) < 4.78 is 74.7. The van der Waals surface area contributed by atoms with E-state index in [0.29, 0.717) is 17.3 Å². The summed E-state index contributed by atoms with van der Waals surface area (Å²) >= 11 is 0. The molecule has 0 aliphatic carbocycles. The monoisotopic (exact) mass is 466 g/mol. The number of amides is 1. The lowest BCUT2D eigenvalue weighted by molar-refractivity contribution is -0.143.